The minimum Gasteiger partial charge on any atom is -0.394 e. The fourth-order valence-corrected chi connectivity index (χ4v) is 6.77. The summed E-state index contributed by atoms with van der Waals surface area (Å²) in [7, 11) is -2.13. The van der Waals surface area contributed by atoms with Crippen LogP contribution in [0, 0.1) is 0 Å². The van der Waals surface area contributed by atoms with Gasteiger partial charge in [0, 0.05) is 6.61 Å². The molecule has 0 radical (unpaired) electrons. The Morgan fingerprint density at radius 3 is 2.23 bits per heavy atom. The number of rotatable bonds is 11. The van der Waals surface area contributed by atoms with Crippen LogP contribution in [0.5, 0.6) is 0 Å². The van der Waals surface area contributed by atoms with Gasteiger partial charge in [0.2, 0.25) is 0 Å². The molecule has 1 atom stereocenters. The van der Waals surface area contributed by atoms with E-state index >= 15 is 0 Å². The summed E-state index contributed by atoms with van der Waals surface area (Å²) in [4.78, 5) is 0. The Labute approximate surface area is 137 Å². The van der Waals surface area contributed by atoms with E-state index in [9.17, 15) is 0 Å². The first-order valence-electron chi connectivity index (χ1n) is 8.69. The van der Waals surface area contributed by atoms with Crippen LogP contribution in [-0.2, 0) is 8.85 Å². The molecule has 0 spiro atoms. The van der Waals surface area contributed by atoms with E-state index in [0.717, 1.165) is 38.0 Å². The molecule has 124 valence electrons. The predicted molar refractivity (Wildman–Crippen MR) is 98.2 cm³/mol. The lowest BCUT2D eigenvalue weighted by Crippen LogP contribution is -2.43. The van der Waals surface area contributed by atoms with Crippen LogP contribution in [0.25, 0.3) is 6.08 Å². The Morgan fingerprint density at radius 2 is 1.73 bits per heavy atom. The quantitative estimate of drug-likeness (QED) is 0.459. The minimum atomic E-state index is -2.13. The van der Waals surface area contributed by atoms with E-state index in [1.807, 2.05) is 6.08 Å². The average Bonchev–Trinajstić information content (AvgIpc) is 2.53. The zero-order chi connectivity index (χ0) is 16.4. The summed E-state index contributed by atoms with van der Waals surface area (Å²) in [5.74, 6) is 0. The molecule has 1 unspecified atom stereocenters. The van der Waals surface area contributed by atoms with Crippen molar-refractivity contribution in [1.29, 1.82) is 0 Å². The van der Waals surface area contributed by atoms with Crippen LogP contribution in [0.3, 0.4) is 0 Å². The Balaban J connectivity index is 3.08. The van der Waals surface area contributed by atoms with Crippen LogP contribution in [0.1, 0.15) is 64.2 Å². The normalized spacial score (nSPS) is 13.1. The molecular formula is C19H32O2Si. The monoisotopic (exact) mass is 320 g/mol. The summed E-state index contributed by atoms with van der Waals surface area (Å²) in [5, 5.41) is 0. The lowest BCUT2D eigenvalue weighted by atomic mass is 10.0. The van der Waals surface area contributed by atoms with Crippen molar-refractivity contribution in [2.75, 3.05) is 6.61 Å². The van der Waals surface area contributed by atoms with Gasteiger partial charge in [-0.2, -0.15) is 0 Å². The minimum absolute atomic E-state index is 0.102. The molecule has 1 rings (SSSR count). The maximum absolute atomic E-state index is 6.71. The second-order valence-corrected chi connectivity index (χ2v) is 9.04. The van der Waals surface area contributed by atoms with Gasteiger partial charge in [0.1, 0.15) is 0 Å². The van der Waals surface area contributed by atoms with Gasteiger partial charge in [-0.25, -0.2) is 0 Å². The summed E-state index contributed by atoms with van der Waals surface area (Å²) < 4.78 is 12.9. The third-order valence-corrected chi connectivity index (χ3v) is 8.01. The summed E-state index contributed by atoms with van der Waals surface area (Å²) in [6.45, 7) is 13.4. The Morgan fingerprint density at radius 1 is 1.09 bits per heavy atom. The molecule has 0 aliphatic rings. The molecule has 0 saturated heterocycles. The van der Waals surface area contributed by atoms with Gasteiger partial charge in [-0.15, -0.1) is 0 Å². The molecule has 3 heteroatoms. The Kier molecular flexibility index (Phi) is 8.69. The van der Waals surface area contributed by atoms with Crippen LogP contribution in [-0.4, -0.2) is 15.2 Å². The number of benzene rings is 1. The van der Waals surface area contributed by atoms with Gasteiger partial charge in [0.05, 0.1) is 6.10 Å². The first kappa shape index (κ1) is 19.1. The molecule has 1 aromatic rings. The first-order chi connectivity index (χ1) is 10.7. The fraction of sp³-hybridized carbons (Fsp3) is 0.579. The smallest absolute Gasteiger partial charge is 0.338 e. The zero-order valence-electron chi connectivity index (χ0n) is 14.7. The Hall–Kier alpha value is -0.903. The summed E-state index contributed by atoms with van der Waals surface area (Å²) in [6.07, 6.45) is 5.22. The molecule has 0 N–H and O–H groups in total. The molecule has 0 heterocycles. The molecule has 1 aromatic carbocycles. The highest BCUT2D eigenvalue weighted by Gasteiger charge is 2.38. The van der Waals surface area contributed by atoms with Crippen molar-refractivity contribution in [1.82, 2.24) is 0 Å². The second-order valence-electron chi connectivity index (χ2n) is 5.69. The van der Waals surface area contributed by atoms with E-state index in [-0.39, 0.29) is 6.10 Å². The van der Waals surface area contributed by atoms with Crippen molar-refractivity contribution in [3.05, 3.63) is 42.0 Å². The third kappa shape index (κ3) is 5.08. The largest absolute Gasteiger partial charge is 0.394 e. The van der Waals surface area contributed by atoms with Gasteiger partial charge >= 0.3 is 8.56 Å². The van der Waals surface area contributed by atoms with Crippen molar-refractivity contribution >= 4 is 14.6 Å². The van der Waals surface area contributed by atoms with Gasteiger partial charge in [0.25, 0.3) is 0 Å². The van der Waals surface area contributed by atoms with E-state index in [4.69, 9.17) is 8.85 Å². The van der Waals surface area contributed by atoms with Crippen LogP contribution >= 0.6 is 0 Å². The highest BCUT2D eigenvalue weighted by molar-refractivity contribution is 6.67. The van der Waals surface area contributed by atoms with E-state index in [1.165, 1.54) is 11.1 Å². The molecule has 0 aliphatic heterocycles. The van der Waals surface area contributed by atoms with Crippen molar-refractivity contribution in [2.45, 2.75) is 65.1 Å². The van der Waals surface area contributed by atoms with Gasteiger partial charge < -0.3 is 8.85 Å². The van der Waals surface area contributed by atoms with Crippen LogP contribution in [0.2, 0.25) is 12.1 Å². The highest BCUT2D eigenvalue weighted by atomic mass is 28.4. The second kappa shape index (κ2) is 9.98. The lowest BCUT2D eigenvalue weighted by molar-refractivity contribution is 0.111. The van der Waals surface area contributed by atoms with Crippen LogP contribution in [0.15, 0.2) is 30.8 Å². The predicted octanol–water partition coefficient (Wildman–Crippen LogP) is 6.10. The Bertz CT molecular complexity index is 428. The molecule has 0 fully saturated rings. The lowest BCUT2D eigenvalue weighted by Gasteiger charge is -2.34. The highest BCUT2D eigenvalue weighted by Crippen LogP contribution is 2.33. The molecular weight excluding hydrogens is 288 g/mol. The van der Waals surface area contributed by atoms with Gasteiger partial charge in [-0.1, -0.05) is 70.5 Å². The van der Waals surface area contributed by atoms with Crippen LogP contribution < -0.4 is 0 Å². The molecule has 0 bridgehead atoms. The fourth-order valence-electron chi connectivity index (χ4n) is 3.06. The van der Waals surface area contributed by atoms with Crippen molar-refractivity contribution in [2.24, 2.45) is 0 Å². The van der Waals surface area contributed by atoms with E-state index in [2.05, 4.69) is 58.5 Å². The van der Waals surface area contributed by atoms with E-state index in [1.54, 1.807) is 0 Å². The average molecular weight is 321 g/mol. The van der Waals surface area contributed by atoms with Gasteiger partial charge in [-0.3, -0.25) is 0 Å². The summed E-state index contributed by atoms with van der Waals surface area (Å²) >= 11 is 0. The van der Waals surface area contributed by atoms with Gasteiger partial charge in [-0.05, 0) is 36.6 Å². The number of hydrogen-bond acceptors (Lipinski definition) is 2. The summed E-state index contributed by atoms with van der Waals surface area (Å²) in [5.41, 5.74) is 2.41. The van der Waals surface area contributed by atoms with Crippen molar-refractivity contribution in [3.8, 4) is 0 Å². The van der Waals surface area contributed by atoms with E-state index in [0.29, 0.717) is 0 Å². The molecule has 0 aliphatic carbocycles. The SMILES string of the molecule is C=Cc1ccccc1C(CC)O[Si](CCC)(CCC)OCC. The molecule has 22 heavy (non-hydrogen) atoms. The molecule has 2 nitrogen and oxygen atoms in total. The molecule has 0 aromatic heterocycles. The summed E-state index contributed by atoms with van der Waals surface area (Å²) in [6, 6.07) is 10.5. The van der Waals surface area contributed by atoms with Gasteiger partial charge in [0.15, 0.2) is 0 Å². The van der Waals surface area contributed by atoms with E-state index < -0.39 is 8.56 Å². The van der Waals surface area contributed by atoms with Crippen molar-refractivity contribution < 1.29 is 8.85 Å². The topological polar surface area (TPSA) is 18.5 Å². The van der Waals surface area contributed by atoms with Crippen molar-refractivity contribution in [3.63, 3.8) is 0 Å². The first-order valence-corrected chi connectivity index (χ1v) is 10.9. The number of hydrogen-bond donors (Lipinski definition) is 0. The standard InChI is InChI=1S/C19H32O2Si/c1-6-15-22(16-7-2,20-10-5)21-19(9-4)18-14-12-11-13-17(18)8-3/h8,11-14,19H,3,6-7,9-10,15-16H2,1-2,4-5H3. The molecule has 0 amide bonds. The zero-order valence-corrected chi connectivity index (χ0v) is 15.7. The van der Waals surface area contributed by atoms with Crippen LogP contribution in [0.4, 0.5) is 0 Å². The third-order valence-electron chi connectivity index (χ3n) is 3.96. The maximum atomic E-state index is 6.71. The molecule has 0 saturated carbocycles. The maximum Gasteiger partial charge on any atom is 0.338 e.